The highest BCUT2D eigenvalue weighted by atomic mass is 16.5. The number of ether oxygens (including phenoxy) is 2. The molecule has 0 radical (unpaired) electrons. The Balaban J connectivity index is 1.91. The quantitative estimate of drug-likeness (QED) is 0.723. The van der Waals surface area contributed by atoms with E-state index in [1.807, 2.05) is 36.2 Å². The first kappa shape index (κ1) is 16.6. The van der Waals surface area contributed by atoms with Crippen LogP contribution in [0.3, 0.4) is 0 Å². The van der Waals surface area contributed by atoms with Gasteiger partial charge in [-0.05, 0) is 18.2 Å². The summed E-state index contributed by atoms with van der Waals surface area (Å²) in [6, 6.07) is 7.63. The van der Waals surface area contributed by atoms with Crippen LogP contribution in [0, 0.1) is 0 Å². The molecule has 8 heteroatoms. The number of nitrogen functional groups attached to an aromatic ring is 2. The molecule has 0 bridgehead atoms. The van der Waals surface area contributed by atoms with Gasteiger partial charge in [0.15, 0.2) is 5.65 Å². The molecule has 0 saturated carbocycles. The lowest BCUT2D eigenvalue weighted by atomic mass is 10.1. The van der Waals surface area contributed by atoms with Crippen molar-refractivity contribution in [3.63, 3.8) is 0 Å². The molecule has 1 aromatic carbocycles. The molecule has 0 spiro atoms. The van der Waals surface area contributed by atoms with Gasteiger partial charge < -0.3 is 25.8 Å². The summed E-state index contributed by atoms with van der Waals surface area (Å²) < 4.78 is 10.7. The maximum absolute atomic E-state index is 5.93. The Morgan fingerprint density at radius 1 is 1.08 bits per heavy atom. The van der Waals surface area contributed by atoms with E-state index in [9.17, 15) is 0 Å². The van der Waals surface area contributed by atoms with Gasteiger partial charge in [-0.1, -0.05) is 0 Å². The molecule has 0 atom stereocenters. The van der Waals surface area contributed by atoms with Crippen molar-refractivity contribution in [1.82, 2.24) is 15.0 Å². The second-order valence-electron chi connectivity index (χ2n) is 5.57. The Hall–Kier alpha value is -3.29. The molecule has 8 nitrogen and oxygen atoms in total. The first-order valence-corrected chi connectivity index (χ1v) is 7.62. The molecule has 130 valence electrons. The fraction of sp³-hybridized carbons (Fsp3) is 0.235. The second kappa shape index (κ2) is 6.68. The Kier molecular flexibility index (Phi) is 4.42. The zero-order valence-corrected chi connectivity index (χ0v) is 14.4. The molecular weight excluding hydrogens is 320 g/mol. The summed E-state index contributed by atoms with van der Waals surface area (Å²) in [7, 11) is 5.22. The Bertz CT molecular complexity index is 915. The van der Waals surface area contributed by atoms with Crippen LogP contribution in [0.25, 0.3) is 11.0 Å². The van der Waals surface area contributed by atoms with Crippen LogP contribution in [0.2, 0.25) is 0 Å². The third-order valence-electron chi connectivity index (χ3n) is 3.93. The summed E-state index contributed by atoms with van der Waals surface area (Å²) in [5.74, 6) is 1.93. The number of hydrogen-bond donors (Lipinski definition) is 2. The lowest BCUT2D eigenvalue weighted by molar-refractivity contribution is 0.391. The van der Waals surface area contributed by atoms with E-state index < -0.39 is 0 Å². The molecule has 0 unspecified atom stereocenters. The molecule has 0 aliphatic rings. The van der Waals surface area contributed by atoms with Crippen molar-refractivity contribution in [3.8, 4) is 11.5 Å². The van der Waals surface area contributed by atoms with Crippen molar-refractivity contribution in [3.05, 3.63) is 36.0 Å². The Morgan fingerprint density at radius 2 is 1.88 bits per heavy atom. The zero-order chi connectivity index (χ0) is 18.0. The van der Waals surface area contributed by atoms with E-state index in [1.54, 1.807) is 20.4 Å². The number of rotatable bonds is 5. The molecular formula is C17H20N6O2. The average molecular weight is 340 g/mol. The maximum atomic E-state index is 5.93. The van der Waals surface area contributed by atoms with Gasteiger partial charge in [-0.2, -0.15) is 9.97 Å². The average Bonchev–Trinajstić information content (AvgIpc) is 2.61. The van der Waals surface area contributed by atoms with Crippen molar-refractivity contribution in [1.29, 1.82) is 0 Å². The number of nitrogens with two attached hydrogens (primary N) is 2. The summed E-state index contributed by atoms with van der Waals surface area (Å²) in [6.07, 6.45) is 1.73. The van der Waals surface area contributed by atoms with E-state index in [0.29, 0.717) is 23.4 Å². The third-order valence-corrected chi connectivity index (χ3v) is 3.93. The molecule has 0 amide bonds. The number of nitrogens with zero attached hydrogens (tertiary/aromatic N) is 4. The molecule has 0 aliphatic carbocycles. The minimum absolute atomic E-state index is 0.113. The van der Waals surface area contributed by atoms with Crippen LogP contribution < -0.4 is 25.8 Å². The lowest BCUT2D eigenvalue weighted by Gasteiger charge is -2.21. The summed E-state index contributed by atoms with van der Waals surface area (Å²) in [4.78, 5) is 14.4. The highest BCUT2D eigenvalue weighted by Gasteiger charge is 2.11. The zero-order valence-electron chi connectivity index (χ0n) is 14.4. The normalized spacial score (nSPS) is 10.7. The number of fused-ring (bicyclic) bond motifs is 1. The first-order valence-electron chi connectivity index (χ1n) is 7.62. The van der Waals surface area contributed by atoms with Crippen LogP contribution in [0.1, 0.15) is 5.56 Å². The van der Waals surface area contributed by atoms with Crippen LogP contribution in [-0.2, 0) is 6.54 Å². The largest absolute Gasteiger partial charge is 0.497 e. The maximum Gasteiger partial charge on any atom is 0.224 e. The molecule has 0 fully saturated rings. The second-order valence-corrected chi connectivity index (χ2v) is 5.57. The smallest absolute Gasteiger partial charge is 0.224 e. The summed E-state index contributed by atoms with van der Waals surface area (Å²) in [6.45, 7) is 0.621. The summed E-state index contributed by atoms with van der Waals surface area (Å²) in [5, 5.41) is 0.667. The third kappa shape index (κ3) is 3.32. The number of aromatic nitrogens is 3. The van der Waals surface area contributed by atoms with E-state index in [0.717, 1.165) is 22.7 Å². The molecule has 0 saturated heterocycles. The van der Waals surface area contributed by atoms with Gasteiger partial charge in [-0.15, -0.1) is 0 Å². The highest BCUT2D eigenvalue weighted by molar-refractivity contribution is 5.88. The number of methoxy groups -OCH3 is 2. The van der Waals surface area contributed by atoms with Crippen molar-refractivity contribution in [2.75, 3.05) is 37.6 Å². The first-order chi connectivity index (χ1) is 12.0. The lowest BCUT2D eigenvalue weighted by Crippen LogP contribution is -2.17. The van der Waals surface area contributed by atoms with Crippen LogP contribution in [0.4, 0.5) is 17.5 Å². The molecule has 2 aromatic heterocycles. The molecule has 3 rings (SSSR count). The van der Waals surface area contributed by atoms with E-state index in [1.165, 1.54) is 0 Å². The fourth-order valence-corrected chi connectivity index (χ4v) is 2.58. The minimum Gasteiger partial charge on any atom is -0.497 e. The van der Waals surface area contributed by atoms with Crippen LogP contribution in [0.15, 0.2) is 30.5 Å². The number of anilines is 3. The van der Waals surface area contributed by atoms with Crippen LogP contribution >= 0.6 is 0 Å². The van der Waals surface area contributed by atoms with E-state index >= 15 is 0 Å². The van der Waals surface area contributed by atoms with Gasteiger partial charge in [0.1, 0.15) is 17.3 Å². The molecule has 25 heavy (non-hydrogen) atoms. The number of hydrogen-bond acceptors (Lipinski definition) is 8. The van der Waals surface area contributed by atoms with E-state index in [2.05, 4.69) is 15.0 Å². The molecule has 3 aromatic rings. The summed E-state index contributed by atoms with van der Waals surface area (Å²) >= 11 is 0. The van der Waals surface area contributed by atoms with Gasteiger partial charge in [-0.25, -0.2) is 4.98 Å². The van der Waals surface area contributed by atoms with Crippen molar-refractivity contribution in [2.45, 2.75) is 6.54 Å². The topological polar surface area (TPSA) is 112 Å². The van der Waals surface area contributed by atoms with Crippen molar-refractivity contribution in [2.24, 2.45) is 0 Å². The molecule has 4 N–H and O–H groups in total. The predicted molar refractivity (Wildman–Crippen MR) is 97.8 cm³/mol. The van der Waals surface area contributed by atoms with E-state index in [4.69, 9.17) is 20.9 Å². The SMILES string of the molecule is COc1ccc(CN(C)c2cnc3nc(N)nc(N)c3c2)c(OC)c1. The highest BCUT2D eigenvalue weighted by Crippen LogP contribution is 2.28. The molecule has 2 heterocycles. The number of benzene rings is 1. The molecule has 0 aliphatic heterocycles. The van der Waals surface area contributed by atoms with Crippen LogP contribution in [-0.4, -0.2) is 36.2 Å². The summed E-state index contributed by atoms with van der Waals surface area (Å²) in [5.41, 5.74) is 13.9. The van der Waals surface area contributed by atoms with E-state index in [-0.39, 0.29) is 5.95 Å². The fourth-order valence-electron chi connectivity index (χ4n) is 2.58. The van der Waals surface area contributed by atoms with Gasteiger partial charge in [0.05, 0.1) is 31.5 Å². The van der Waals surface area contributed by atoms with Gasteiger partial charge in [0.2, 0.25) is 5.95 Å². The Morgan fingerprint density at radius 3 is 2.60 bits per heavy atom. The minimum atomic E-state index is 0.113. The van der Waals surface area contributed by atoms with Gasteiger partial charge in [-0.3, -0.25) is 0 Å². The van der Waals surface area contributed by atoms with Crippen molar-refractivity contribution >= 4 is 28.5 Å². The standard InChI is InChI=1S/C17H20N6O2/c1-23(9-10-4-5-12(24-2)7-14(10)25-3)11-6-13-15(18)21-17(19)22-16(13)20-8-11/h4-8H,9H2,1-3H3,(H4,18,19,20,21,22). The monoisotopic (exact) mass is 340 g/mol. The number of pyridine rings is 1. The Labute approximate surface area is 145 Å². The van der Waals surface area contributed by atoms with Gasteiger partial charge >= 0.3 is 0 Å². The van der Waals surface area contributed by atoms with Crippen LogP contribution in [0.5, 0.6) is 11.5 Å². The predicted octanol–water partition coefficient (Wildman–Crippen LogP) is 1.84. The van der Waals surface area contributed by atoms with Crippen molar-refractivity contribution < 1.29 is 9.47 Å². The van der Waals surface area contributed by atoms with Gasteiger partial charge in [0, 0.05) is 25.2 Å². The van der Waals surface area contributed by atoms with Gasteiger partial charge in [0.25, 0.3) is 0 Å².